The van der Waals surface area contributed by atoms with Crippen LogP contribution in [-0.4, -0.2) is 27.7 Å². The number of anilines is 1. The Balaban J connectivity index is 2.20. The molecule has 0 radical (unpaired) electrons. The topological polar surface area (TPSA) is 79.2 Å². The highest BCUT2D eigenvalue weighted by Crippen LogP contribution is 2.55. The van der Waals surface area contributed by atoms with E-state index in [9.17, 15) is 44.7 Å². The van der Waals surface area contributed by atoms with E-state index in [2.05, 4.69) is 10.3 Å². The smallest absolute Gasteiger partial charge is 0.325 e. The third-order valence-corrected chi connectivity index (χ3v) is 5.02. The number of benzene rings is 2. The molecular weight excluding hydrogens is 480 g/mol. The maximum Gasteiger partial charge on any atom is 0.427 e. The Morgan fingerprint density at radius 1 is 0.853 bits per heavy atom. The standard InChI is InChI=1S/C20H10F8N4O2/c21-10-7-5-9(6-8-10)14-29-15-13(18(31-14,19(23,24)25)20(26,27)28)16(33)30-17(34)32(15)12-4-2-1-3-11(12)22/h1-8H,(H,29,31)(H,30,33,34). The zero-order valence-electron chi connectivity index (χ0n) is 16.4. The van der Waals surface area contributed by atoms with Crippen molar-refractivity contribution < 1.29 is 35.1 Å². The molecule has 0 fully saturated rings. The molecule has 2 aromatic carbocycles. The van der Waals surface area contributed by atoms with E-state index in [0.717, 1.165) is 42.5 Å². The molecule has 1 aliphatic heterocycles. The number of aromatic amines is 1. The molecule has 0 aliphatic carbocycles. The van der Waals surface area contributed by atoms with Crippen LogP contribution in [0.5, 0.6) is 0 Å². The Morgan fingerprint density at radius 3 is 2.00 bits per heavy atom. The van der Waals surface area contributed by atoms with E-state index in [1.54, 1.807) is 0 Å². The van der Waals surface area contributed by atoms with Gasteiger partial charge in [0.15, 0.2) is 0 Å². The van der Waals surface area contributed by atoms with Crippen molar-refractivity contribution in [2.45, 2.75) is 17.9 Å². The van der Waals surface area contributed by atoms with Gasteiger partial charge in [-0.25, -0.2) is 23.1 Å². The van der Waals surface area contributed by atoms with Crippen molar-refractivity contribution in [1.82, 2.24) is 9.55 Å². The van der Waals surface area contributed by atoms with Crippen molar-refractivity contribution in [3.63, 3.8) is 0 Å². The summed E-state index contributed by atoms with van der Waals surface area (Å²) < 4.78 is 113. The number of hydrogen-bond acceptors (Lipinski definition) is 4. The summed E-state index contributed by atoms with van der Waals surface area (Å²) in [5, 5.41) is 2.11. The van der Waals surface area contributed by atoms with Gasteiger partial charge in [0, 0.05) is 5.56 Å². The molecule has 2 N–H and O–H groups in total. The zero-order chi connectivity index (χ0) is 25.1. The normalized spacial score (nSPS) is 15.4. The summed E-state index contributed by atoms with van der Waals surface area (Å²) in [6.45, 7) is 0. The van der Waals surface area contributed by atoms with Crippen LogP contribution in [0.25, 0.3) is 5.69 Å². The predicted molar refractivity (Wildman–Crippen MR) is 103 cm³/mol. The first-order chi connectivity index (χ1) is 15.8. The molecule has 2 heterocycles. The molecule has 0 atom stereocenters. The van der Waals surface area contributed by atoms with Gasteiger partial charge in [-0.1, -0.05) is 12.1 Å². The molecular formula is C20H10F8N4O2. The van der Waals surface area contributed by atoms with E-state index in [-0.39, 0.29) is 4.57 Å². The molecule has 4 rings (SSSR count). The molecule has 0 bridgehead atoms. The average Bonchev–Trinajstić information content (AvgIpc) is 2.73. The number of fused-ring (bicyclic) bond motifs is 1. The van der Waals surface area contributed by atoms with E-state index in [1.165, 1.54) is 11.1 Å². The lowest BCUT2D eigenvalue weighted by Gasteiger charge is -2.38. The minimum absolute atomic E-state index is 0.135. The highest BCUT2D eigenvalue weighted by molar-refractivity contribution is 6.09. The molecule has 3 aromatic rings. The number of para-hydroxylation sites is 1. The molecule has 0 saturated heterocycles. The summed E-state index contributed by atoms with van der Waals surface area (Å²) in [5.74, 6) is -4.42. The summed E-state index contributed by atoms with van der Waals surface area (Å²) in [5.41, 5.74) is -11.9. The fourth-order valence-corrected chi connectivity index (χ4v) is 3.53. The molecule has 14 heteroatoms. The van der Waals surface area contributed by atoms with Crippen LogP contribution in [0.1, 0.15) is 11.1 Å². The van der Waals surface area contributed by atoms with Gasteiger partial charge in [0.25, 0.3) is 11.1 Å². The van der Waals surface area contributed by atoms with E-state index in [0.29, 0.717) is 0 Å². The Morgan fingerprint density at radius 2 is 1.44 bits per heavy atom. The van der Waals surface area contributed by atoms with E-state index in [4.69, 9.17) is 0 Å². The van der Waals surface area contributed by atoms with Crippen molar-refractivity contribution >= 4 is 11.7 Å². The van der Waals surface area contributed by atoms with Crippen molar-refractivity contribution in [3.8, 4) is 5.69 Å². The van der Waals surface area contributed by atoms with Gasteiger partial charge in [-0.15, -0.1) is 0 Å². The number of aromatic nitrogens is 2. The van der Waals surface area contributed by atoms with Crippen LogP contribution in [0.4, 0.5) is 40.9 Å². The number of halogens is 8. The van der Waals surface area contributed by atoms with Gasteiger partial charge in [0.1, 0.15) is 28.9 Å². The van der Waals surface area contributed by atoms with Crippen LogP contribution in [-0.2, 0) is 5.54 Å². The van der Waals surface area contributed by atoms with Gasteiger partial charge in [0.05, 0.1) is 5.69 Å². The second-order valence-corrected chi connectivity index (χ2v) is 7.07. The van der Waals surface area contributed by atoms with Crippen molar-refractivity contribution in [3.05, 3.63) is 92.1 Å². The van der Waals surface area contributed by atoms with Crippen LogP contribution in [0, 0.1) is 11.6 Å². The van der Waals surface area contributed by atoms with Gasteiger partial charge < -0.3 is 5.32 Å². The van der Waals surface area contributed by atoms with Crippen LogP contribution in [0.2, 0.25) is 0 Å². The van der Waals surface area contributed by atoms with Crippen LogP contribution < -0.4 is 16.6 Å². The molecule has 0 unspecified atom stereocenters. The molecule has 0 amide bonds. The number of nitrogens with one attached hydrogen (secondary N) is 2. The van der Waals surface area contributed by atoms with Crippen LogP contribution in [0.3, 0.4) is 0 Å². The number of H-pyrrole nitrogens is 1. The fourth-order valence-electron chi connectivity index (χ4n) is 3.53. The number of amidine groups is 1. The Kier molecular flexibility index (Phi) is 5.14. The lowest BCUT2D eigenvalue weighted by Crippen LogP contribution is -2.59. The third-order valence-electron chi connectivity index (χ3n) is 5.02. The summed E-state index contributed by atoms with van der Waals surface area (Å²) in [7, 11) is 0. The molecule has 6 nitrogen and oxygen atoms in total. The molecule has 0 saturated carbocycles. The van der Waals surface area contributed by atoms with Gasteiger partial charge >= 0.3 is 18.0 Å². The quantitative estimate of drug-likeness (QED) is 0.534. The molecule has 1 aliphatic rings. The van der Waals surface area contributed by atoms with Gasteiger partial charge in [0.2, 0.25) is 0 Å². The van der Waals surface area contributed by atoms with Gasteiger partial charge in [-0.3, -0.25) is 9.78 Å². The number of aliphatic imine (C=N–C) groups is 1. The maximum absolute atomic E-state index is 14.5. The average molecular weight is 490 g/mol. The number of alkyl halides is 6. The maximum atomic E-state index is 14.5. The highest BCUT2D eigenvalue weighted by Gasteiger charge is 2.75. The summed E-state index contributed by atoms with van der Waals surface area (Å²) >= 11 is 0. The van der Waals surface area contributed by atoms with Crippen molar-refractivity contribution in [2.24, 2.45) is 4.99 Å². The van der Waals surface area contributed by atoms with Crippen molar-refractivity contribution in [2.75, 3.05) is 5.32 Å². The summed E-state index contributed by atoms with van der Waals surface area (Å²) in [6, 6.07) is 7.21. The lowest BCUT2D eigenvalue weighted by atomic mass is 9.87. The zero-order valence-corrected chi connectivity index (χ0v) is 16.4. The first-order valence-corrected chi connectivity index (χ1v) is 9.19. The Hall–Kier alpha value is -3.97. The molecule has 1 aromatic heterocycles. The minimum atomic E-state index is -6.24. The number of nitrogens with zero attached hydrogens (tertiary/aromatic N) is 2. The van der Waals surface area contributed by atoms with E-state index >= 15 is 0 Å². The van der Waals surface area contributed by atoms with E-state index < -0.39 is 69.2 Å². The third kappa shape index (κ3) is 3.36. The molecule has 0 spiro atoms. The number of hydrogen-bond donors (Lipinski definition) is 2. The summed E-state index contributed by atoms with van der Waals surface area (Å²) in [6.07, 6.45) is -12.5. The SMILES string of the molecule is O=c1[nH]c(=O)n(-c2ccccc2F)c2c1C(C(F)(F)F)(C(F)(F)F)N=C(c1ccc(F)cc1)N2. The first-order valence-electron chi connectivity index (χ1n) is 9.19. The largest absolute Gasteiger partial charge is 0.427 e. The van der Waals surface area contributed by atoms with Gasteiger partial charge in [-0.2, -0.15) is 26.3 Å². The second-order valence-electron chi connectivity index (χ2n) is 7.07. The van der Waals surface area contributed by atoms with E-state index in [1.807, 2.05) is 0 Å². The van der Waals surface area contributed by atoms with Crippen LogP contribution in [0.15, 0.2) is 63.1 Å². The lowest BCUT2D eigenvalue weighted by molar-refractivity contribution is -0.301. The summed E-state index contributed by atoms with van der Waals surface area (Å²) in [4.78, 5) is 29.2. The monoisotopic (exact) mass is 490 g/mol. The fraction of sp³-hybridized carbons (Fsp3) is 0.150. The van der Waals surface area contributed by atoms with Crippen LogP contribution >= 0.6 is 0 Å². The van der Waals surface area contributed by atoms with Crippen molar-refractivity contribution in [1.29, 1.82) is 0 Å². The number of rotatable bonds is 2. The Labute approximate surface area is 183 Å². The predicted octanol–water partition coefficient (Wildman–Crippen LogP) is 4.00. The highest BCUT2D eigenvalue weighted by atomic mass is 19.4. The molecule has 34 heavy (non-hydrogen) atoms. The van der Waals surface area contributed by atoms with Gasteiger partial charge in [-0.05, 0) is 36.4 Å². The second kappa shape index (κ2) is 7.53. The minimum Gasteiger partial charge on any atom is -0.325 e. The Bertz CT molecular complexity index is 1400. The molecule has 178 valence electrons. The first kappa shape index (κ1) is 23.2.